The van der Waals surface area contributed by atoms with E-state index >= 15 is 0 Å². The van der Waals surface area contributed by atoms with Crippen molar-refractivity contribution < 1.29 is 31.2 Å². The highest BCUT2D eigenvalue weighted by molar-refractivity contribution is 7.92. The second-order valence-corrected chi connectivity index (χ2v) is 11.8. The second kappa shape index (κ2) is 13.4. The Balaban J connectivity index is 2.09. The fourth-order valence-electron chi connectivity index (χ4n) is 4.32. The van der Waals surface area contributed by atoms with Gasteiger partial charge in [0.05, 0.1) is 22.5 Å². The molecule has 0 aromatic heterocycles. The number of aryl methyl sites for hydroxylation is 1. The average Bonchev–Trinajstić information content (AvgIpc) is 2.90. The molecule has 41 heavy (non-hydrogen) atoms. The number of carbonyl (C=O) groups is 2. The third-order valence-electron chi connectivity index (χ3n) is 6.45. The van der Waals surface area contributed by atoms with Crippen molar-refractivity contribution in [2.75, 3.05) is 23.7 Å². The van der Waals surface area contributed by atoms with Gasteiger partial charge >= 0.3 is 6.18 Å². The van der Waals surface area contributed by atoms with Crippen molar-refractivity contribution >= 4 is 39.1 Å². The predicted molar refractivity (Wildman–Crippen MR) is 153 cm³/mol. The van der Waals surface area contributed by atoms with E-state index in [0.29, 0.717) is 10.4 Å². The summed E-state index contributed by atoms with van der Waals surface area (Å²) in [7, 11) is -4.24. The number of carbonyl (C=O) groups excluding carboxylic acids is 2. The molecule has 0 saturated heterocycles. The first-order chi connectivity index (χ1) is 19.2. The highest BCUT2D eigenvalue weighted by Crippen LogP contribution is 2.37. The Kier molecular flexibility index (Phi) is 10.4. The zero-order valence-electron chi connectivity index (χ0n) is 22.8. The summed E-state index contributed by atoms with van der Waals surface area (Å²) >= 11 is 5.74. The summed E-state index contributed by atoms with van der Waals surface area (Å²) in [6, 6.07) is 17.8. The summed E-state index contributed by atoms with van der Waals surface area (Å²) in [4.78, 5) is 28.6. The van der Waals surface area contributed by atoms with Crippen molar-refractivity contribution in [3.05, 3.63) is 100 Å². The van der Waals surface area contributed by atoms with Gasteiger partial charge in [0.2, 0.25) is 21.8 Å². The number of hydrogen-bond donors (Lipinski definition) is 1. The zero-order chi connectivity index (χ0) is 30.4. The topological polar surface area (TPSA) is 86.8 Å². The lowest BCUT2D eigenvalue weighted by Gasteiger charge is -2.34. The number of anilines is 1. The van der Waals surface area contributed by atoms with E-state index in [1.54, 1.807) is 43.3 Å². The molecule has 0 fully saturated rings. The number of likely N-dealkylation sites (N-methyl/N-ethyl adjacent to an activating group) is 1. The minimum atomic E-state index is -4.85. The minimum absolute atomic E-state index is 0.0356. The maximum absolute atomic E-state index is 14.0. The van der Waals surface area contributed by atoms with E-state index in [1.807, 2.05) is 25.1 Å². The molecule has 3 aromatic carbocycles. The van der Waals surface area contributed by atoms with Gasteiger partial charge in [0.15, 0.2) is 0 Å². The zero-order valence-corrected chi connectivity index (χ0v) is 24.4. The first-order valence-electron chi connectivity index (χ1n) is 12.7. The van der Waals surface area contributed by atoms with E-state index in [-0.39, 0.29) is 25.2 Å². The van der Waals surface area contributed by atoms with Gasteiger partial charge in [0.25, 0.3) is 0 Å². The van der Waals surface area contributed by atoms with Gasteiger partial charge in [0.1, 0.15) is 12.6 Å². The summed E-state index contributed by atoms with van der Waals surface area (Å²) < 4.78 is 66.9. The molecule has 3 aromatic rings. The summed E-state index contributed by atoms with van der Waals surface area (Å²) in [5.41, 5.74) is 0.704. The number of nitrogens with zero attached hydrogens (tertiary/aromatic N) is 2. The lowest BCUT2D eigenvalue weighted by molar-refractivity contribution is -0.140. The molecule has 7 nitrogen and oxygen atoms in total. The van der Waals surface area contributed by atoms with Crippen LogP contribution in [0.2, 0.25) is 5.02 Å². The number of rotatable bonds is 11. The van der Waals surface area contributed by atoms with E-state index in [2.05, 4.69) is 5.32 Å². The Morgan fingerprint density at radius 2 is 1.63 bits per heavy atom. The van der Waals surface area contributed by atoms with Crippen LogP contribution in [0.1, 0.15) is 29.2 Å². The molecule has 1 atom stereocenters. The Labute approximate surface area is 243 Å². The van der Waals surface area contributed by atoms with Gasteiger partial charge in [-0.3, -0.25) is 13.9 Å². The molecule has 0 aliphatic carbocycles. The fraction of sp³-hybridized carbons (Fsp3) is 0.310. The fourth-order valence-corrected chi connectivity index (χ4v) is 5.38. The van der Waals surface area contributed by atoms with Crippen LogP contribution in [0.3, 0.4) is 0 Å². The third-order valence-corrected chi connectivity index (χ3v) is 7.92. The van der Waals surface area contributed by atoms with Crippen molar-refractivity contribution in [1.29, 1.82) is 0 Å². The lowest BCUT2D eigenvalue weighted by atomic mass is 10.0. The SMILES string of the molecule is CCNC(=O)[C@H](Cc1ccccc1)N(Cc1ccccc1C)C(=O)CN(c1ccc(Cl)c(C(F)(F)F)c1)S(C)(=O)=O. The number of nitrogens with one attached hydrogen (secondary N) is 1. The molecule has 3 rings (SSSR count). The molecule has 0 heterocycles. The van der Waals surface area contributed by atoms with Crippen molar-refractivity contribution in [3.8, 4) is 0 Å². The van der Waals surface area contributed by atoms with Crippen LogP contribution in [0.25, 0.3) is 0 Å². The molecule has 0 bridgehead atoms. The van der Waals surface area contributed by atoms with Crippen molar-refractivity contribution in [2.24, 2.45) is 0 Å². The Morgan fingerprint density at radius 3 is 2.22 bits per heavy atom. The largest absolute Gasteiger partial charge is 0.417 e. The molecular formula is C29H31ClF3N3O4S. The van der Waals surface area contributed by atoms with E-state index in [4.69, 9.17) is 11.6 Å². The van der Waals surface area contributed by atoms with E-state index in [9.17, 15) is 31.2 Å². The number of sulfonamides is 1. The molecule has 0 aliphatic heterocycles. The van der Waals surface area contributed by atoms with Gasteiger partial charge in [-0.25, -0.2) is 8.42 Å². The van der Waals surface area contributed by atoms with Crippen LogP contribution in [-0.2, 0) is 38.8 Å². The van der Waals surface area contributed by atoms with Crippen LogP contribution in [0.15, 0.2) is 72.8 Å². The molecule has 12 heteroatoms. The summed E-state index contributed by atoms with van der Waals surface area (Å²) in [5, 5.41) is 2.13. The molecule has 0 saturated carbocycles. The summed E-state index contributed by atoms with van der Waals surface area (Å²) in [6.45, 7) is 2.98. The van der Waals surface area contributed by atoms with Crippen LogP contribution in [0.4, 0.5) is 18.9 Å². The molecule has 1 N–H and O–H groups in total. The van der Waals surface area contributed by atoms with Gasteiger partial charge in [-0.2, -0.15) is 13.2 Å². The Hall–Kier alpha value is -3.57. The Morgan fingerprint density at radius 1 is 1.00 bits per heavy atom. The highest BCUT2D eigenvalue weighted by Gasteiger charge is 2.36. The molecule has 220 valence electrons. The van der Waals surface area contributed by atoms with Gasteiger partial charge < -0.3 is 10.2 Å². The van der Waals surface area contributed by atoms with Crippen LogP contribution >= 0.6 is 11.6 Å². The Bertz CT molecular complexity index is 1480. The standard InChI is InChI=1S/C29H31ClF3N3O4S/c1-4-34-28(38)26(16-21-11-6-5-7-12-21)35(18-22-13-9-8-10-20(22)2)27(37)19-36(41(3,39)40)23-14-15-25(30)24(17-23)29(31,32)33/h5-15,17,26H,4,16,18-19H2,1-3H3,(H,34,38)/t26-/m0/s1. The highest BCUT2D eigenvalue weighted by atomic mass is 35.5. The molecule has 0 radical (unpaired) electrons. The third kappa shape index (κ3) is 8.46. The monoisotopic (exact) mass is 609 g/mol. The number of amides is 2. The average molecular weight is 610 g/mol. The molecule has 0 spiro atoms. The minimum Gasteiger partial charge on any atom is -0.355 e. The molecule has 2 amide bonds. The number of hydrogen-bond acceptors (Lipinski definition) is 4. The van der Waals surface area contributed by atoms with Gasteiger partial charge in [-0.15, -0.1) is 0 Å². The van der Waals surface area contributed by atoms with Gasteiger partial charge in [-0.05, 0) is 48.7 Å². The van der Waals surface area contributed by atoms with Crippen molar-refractivity contribution in [3.63, 3.8) is 0 Å². The van der Waals surface area contributed by atoms with Crippen LogP contribution in [0, 0.1) is 6.92 Å². The normalized spacial score (nSPS) is 12.5. The van der Waals surface area contributed by atoms with Crippen molar-refractivity contribution in [1.82, 2.24) is 10.2 Å². The van der Waals surface area contributed by atoms with E-state index in [0.717, 1.165) is 35.1 Å². The van der Waals surface area contributed by atoms with E-state index < -0.39 is 51.2 Å². The smallest absolute Gasteiger partial charge is 0.355 e. The molecule has 0 unspecified atom stereocenters. The van der Waals surface area contributed by atoms with E-state index in [1.165, 1.54) is 4.90 Å². The molecule has 0 aliphatic rings. The second-order valence-electron chi connectivity index (χ2n) is 9.48. The lowest BCUT2D eigenvalue weighted by Crippen LogP contribution is -2.53. The maximum atomic E-state index is 14.0. The van der Waals surface area contributed by atoms with Crippen LogP contribution in [-0.4, -0.2) is 50.5 Å². The number of alkyl halides is 3. The van der Waals surface area contributed by atoms with Crippen LogP contribution < -0.4 is 9.62 Å². The van der Waals surface area contributed by atoms with Crippen LogP contribution in [0.5, 0.6) is 0 Å². The summed E-state index contributed by atoms with van der Waals surface area (Å²) in [5.74, 6) is -1.22. The number of benzene rings is 3. The first kappa shape index (κ1) is 32.0. The first-order valence-corrected chi connectivity index (χ1v) is 14.9. The van der Waals surface area contributed by atoms with Gasteiger partial charge in [-0.1, -0.05) is 66.2 Å². The summed E-state index contributed by atoms with van der Waals surface area (Å²) in [6.07, 6.45) is -3.93. The molecular weight excluding hydrogens is 579 g/mol. The van der Waals surface area contributed by atoms with Gasteiger partial charge in [0, 0.05) is 19.5 Å². The maximum Gasteiger partial charge on any atom is 0.417 e. The number of halogens is 4. The van der Waals surface area contributed by atoms with Crippen molar-refractivity contribution in [2.45, 2.75) is 39.0 Å². The predicted octanol–water partition coefficient (Wildman–Crippen LogP) is 5.21. The quantitative estimate of drug-likeness (QED) is 0.323.